The second-order valence-electron chi connectivity index (χ2n) is 8.63. The van der Waals surface area contributed by atoms with Crippen LogP contribution in [0.15, 0.2) is 72.8 Å². The molecule has 0 saturated heterocycles. The fourth-order valence-electron chi connectivity index (χ4n) is 3.87. The minimum atomic E-state index is -0.530. The Kier molecular flexibility index (Phi) is 5.97. The van der Waals surface area contributed by atoms with Gasteiger partial charge < -0.3 is 4.74 Å². The Morgan fingerprint density at radius 2 is 1.50 bits per heavy atom. The van der Waals surface area contributed by atoms with Crippen molar-refractivity contribution in [2.45, 2.75) is 32.3 Å². The van der Waals surface area contributed by atoms with E-state index in [0.29, 0.717) is 17.8 Å². The fourth-order valence-corrected chi connectivity index (χ4v) is 3.87. The van der Waals surface area contributed by atoms with Crippen LogP contribution in [0.4, 0.5) is 16.2 Å². The van der Waals surface area contributed by atoms with Gasteiger partial charge in [0.2, 0.25) is 6.41 Å². The molecular weight excluding hydrogens is 404 g/mol. The van der Waals surface area contributed by atoms with E-state index >= 15 is 0 Å². The monoisotopic (exact) mass is 430 g/mol. The zero-order chi connectivity index (χ0) is 22.7. The van der Waals surface area contributed by atoms with E-state index in [9.17, 15) is 9.59 Å². The Hall–Kier alpha value is -3.64. The first-order valence-electron chi connectivity index (χ1n) is 10.5. The van der Waals surface area contributed by atoms with E-state index in [-0.39, 0.29) is 12.5 Å². The quantitative estimate of drug-likeness (QED) is 0.400. The largest absolute Gasteiger partial charge is 0.448 e. The summed E-state index contributed by atoms with van der Waals surface area (Å²) >= 11 is 0. The molecule has 0 heterocycles. The third-order valence-corrected chi connectivity index (χ3v) is 5.18. The normalized spacial score (nSPS) is 12.6. The lowest BCUT2D eigenvalue weighted by atomic mass is 9.98. The molecule has 0 saturated carbocycles. The van der Waals surface area contributed by atoms with E-state index in [4.69, 9.17) is 9.57 Å². The Labute approximate surface area is 187 Å². The van der Waals surface area contributed by atoms with Crippen LogP contribution in [-0.2, 0) is 14.4 Å². The van der Waals surface area contributed by atoms with Gasteiger partial charge in [0.05, 0.1) is 11.3 Å². The number of carbonyl (C=O) groups excluding carboxylic acids is 2. The number of carbonyl (C=O) groups is 2. The lowest BCUT2D eigenvalue weighted by Gasteiger charge is -2.26. The van der Waals surface area contributed by atoms with Crippen LogP contribution in [0, 0.1) is 0 Å². The summed E-state index contributed by atoms with van der Waals surface area (Å²) in [5.74, 6) is 0.00576. The van der Waals surface area contributed by atoms with Crippen LogP contribution in [0.2, 0.25) is 0 Å². The average Bonchev–Trinajstić information content (AvgIpc) is 3.10. The van der Waals surface area contributed by atoms with Crippen LogP contribution >= 0.6 is 0 Å². The zero-order valence-corrected chi connectivity index (χ0v) is 18.4. The third kappa shape index (κ3) is 4.65. The van der Waals surface area contributed by atoms with Crippen LogP contribution in [0.3, 0.4) is 0 Å². The number of fused-ring (bicyclic) bond motifs is 3. The SMILES string of the molecule is CC(C)(C)ON(C=O)c1ccc(NC(=O)OCC2c3ccccc3-c3ccccc32)cc1. The molecule has 4 rings (SSSR count). The highest BCUT2D eigenvalue weighted by atomic mass is 16.7. The number of hydroxylamine groups is 1. The molecule has 0 atom stereocenters. The van der Waals surface area contributed by atoms with Gasteiger partial charge in [-0.1, -0.05) is 48.5 Å². The number of amides is 2. The second kappa shape index (κ2) is 8.85. The number of benzene rings is 3. The number of rotatable bonds is 6. The second-order valence-corrected chi connectivity index (χ2v) is 8.63. The van der Waals surface area contributed by atoms with Gasteiger partial charge in [-0.3, -0.25) is 14.9 Å². The Bertz CT molecular complexity index is 1070. The molecule has 2 amide bonds. The smallest absolute Gasteiger partial charge is 0.411 e. The van der Waals surface area contributed by atoms with Gasteiger partial charge in [-0.25, -0.2) is 4.79 Å². The number of ether oxygens (including phenoxy) is 1. The van der Waals surface area contributed by atoms with Crippen LogP contribution in [0.5, 0.6) is 0 Å². The van der Waals surface area contributed by atoms with Gasteiger partial charge in [0, 0.05) is 11.6 Å². The van der Waals surface area contributed by atoms with Gasteiger partial charge in [0.15, 0.2) is 0 Å². The topological polar surface area (TPSA) is 67.9 Å². The molecule has 1 aliphatic rings. The maximum Gasteiger partial charge on any atom is 0.411 e. The van der Waals surface area contributed by atoms with Crippen LogP contribution < -0.4 is 10.4 Å². The summed E-state index contributed by atoms with van der Waals surface area (Å²) in [5, 5.41) is 3.90. The number of anilines is 2. The molecule has 0 aliphatic heterocycles. The van der Waals surface area contributed by atoms with Gasteiger partial charge in [-0.15, -0.1) is 0 Å². The van der Waals surface area contributed by atoms with E-state index in [0.717, 1.165) is 5.06 Å². The molecule has 3 aromatic carbocycles. The van der Waals surface area contributed by atoms with Crippen molar-refractivity contribution in [2.75, 3.05) is 17.0 Å². The van der Waals surface area contributed by atoms with Crippen molar-refractivity contribution in [2.24, 2.45) is 0 Å². The van der Waals surface area contributed by atoms with Crippen molar-refractivity contribution in [1.29, 1.82) is 0 Å². The number of hydrogen-bond donors (Lipinski definition) is 1. The number of nitrogens with one attached hydrogen (secondary N) is 1. The number of hydrogen-bond acceptors (Lipinski definition) is 4. The summed E-state index contributed by atoms with van der Waals surface area (Å²) in [6, 6.07) is 23.2. The lowest BCUT2D eigenvalue weighted by Crippen LogP contribution is -2.32. The molecule has 0 bridgehead atoms. The first kappa shape index (κ1) is 21.6. The van der Waals surface area contributed by atoms with Gasteiger partial charge in [-0.2, -0.15) is 5.06 Å². The predicted octanol–water partition coefficient (Wildman–Crippen LogP) is 5.74. The van der Waals surface area contributed by atoms with Gasteiger partial charge in [0.25, 0.3) is 0 Å². The van der Waals surface area contributed by atoms with E-state index in [1.807, 2.05) is 45.0 Å². The van der Waals surface area contributed by atoms with Crippen molar-refractivity contribution >= 4 is 23.9 Å². The maximum absolute atomic E-state index is 12.4. The van der Waals surface area contributed by atoms with E-state index in [1.54, 1.807) is 24.3 Å². The Balaban J connectivity index is 1.39. The summed E-state index contributed by atoms with van der Waals surface area (Å²) in [6.45, 7) is 5.82. The Morgan fingerprint density at radius 1 is 0.938 bits per heavy atom. The highest BCUT2D eigenvalue weighted by molar-refractivity contribution is 5.86. The van der Waals surface area contributed by atoms with Crippen molar-refractivity contribution in [3.63, 3.8) is 0 Å². The summed E-state index contributed by atoms with van der Waals surface area (Å²) < 4.78 is 5.57. The van der Waals surface area contributed by atoms with Crippen molar-refractivity contribution in [3.05, 3.63) is 83.9 Å². The molecule has 32 heavy (non-hydrogen) atoms. The van der Waals surface area contributed by atoms with Gasteiger partial charge in [0.1, 0.15) is 6.61 Å². The van der Waals surface area contributed by atoms with Crippen molar-refractivity contribution < 1.29 is 19.2 Å². The summed E-state index contributed by atoms with van der Waals surface area (Å²) in [7, 11) is 0. The summed E-state index contributed by atoms with van der Waals surface area (Å²) in [6.07, 6.45) is 0.0805. The highest BCUT2D eigenvalue weighted by Gasteiger charge is 2.29. The number of nitrogens with zero attached hydrogens (tertiary/aromatic N) is 1. The van der Waals surface area contributed by atoms with Gasteiger partial charge in [-0.05, 0) is 67.3 Å². The molecule has 3 aromatic rings. The van der Waals surface area contributed by atoms with Crippen molar-refractivity contribution in [1.82, 2.24) is 0 Å². The first-order chi connectivity index (χ1) is 15.4. The Morgan fingerprint density at radius 3 is 2.03 bits per heavy atom. The molecular formula is C26H26N2O4. The maximum atomic E-state index is 12.4. The van der Waals surface area contributed by atoms with Gasteiger partial charge >= 0.3 is 6.09 Å². The first-order valence-corrected chi connectivity index (χ1v) is 10.5. The van der Waals surface area contributed by atoms with Crippen LogP contribution in [0.25, 0.3) is 11.1 Å². The molecule has 6 nitrogen and oxygen atoms in total. The van der Waals surface area contributed by atoms with Crippen LogP contribution in [-0.4, -0.2) is 24.7 Å². The minimum Gasteiger partial charge on any atom is -0.448 e. The molecule has 164 valence electrons. The van der Waals surface area contributed by atoms with E-state index in [1.165, 1.54) is 22.3 Å². The fraction of sp³-hybridized carbons (Fsp3) is 0.231. The molecule has 0 radical (unpaired) electrons. The lowest BCUT2D eigenvalue weighted by molar-refractivity contribution is -0.120. The molecule has 1 N–H and O–H groups in total. The molecule has 0 unspecified atom stereocenters. The highest BCUT2D eigenvalue weighted by Crippen LogP contribution is 2.44. The third-order valence-electron chi connectivity index (χ3n) is 5.18. The standard InChI is InChI=1S/C26H26N2O4/c1-26(2,3)32-28(17-29)19-14-12-18(13-15-19)27-25(30)31-16-24-22-10-6-4-8-20(22)21-9-5-7-11-23(21)24/h4-15,17,24H,16H2,1-3H3,(H,27,30). The molecule has 0 fully saturated rings. The minimum absolute atomic E-state index is 0.00576. The molecule has 6 heteroatoms. The van der Waals surface area contributed by atoms with E-state index < -0.39 is 11.7 Å². The van der Waals surface area contributed by atoms with Crippen molar-refractivity contribution in [3.8, 4) is 11.1 Å². The molecule has 0 aromatic heterocycles. The zero-order valence-electron chi connectivity index (χ0n) is 18.4. The summed E-state index contributed by atoms with van der Waals surface area (Å²) in [4.78, 5) is 29.4. The molecule has 0 spiro atoms. The average molecular weight is 431 g/mol. The van der Waals surface area contributed by atoms with Crippen LogP contribution in [0.1, 0.15) is 37.8 Å². The molecule has 1 aliphatic carbocycles. The van der Waals surface area contributed by atoms with E-state index in [2.05, 4.69) is 29.6 Å². The predicted molar refractivity (Wildman–Crippen MR) is 125 cm³/mol. The summed E-state index contributed by atoms with van der Waals surface area (Å²) in [5.41, 5.74) is 5.31.